The summed E-state index contributed by atoms with van der Waals surface area (Å²) in [4.78, 5) is 1.90. The largest absolute Gasteiger partial charge is 0.366 e. The number of halogens is 2. The van der Waals surface area contributed by atoms with E-state index in [9.17, 15) is 8.78 Å². The molecule has 0 aliphatic carbocycles. The Morgan fingerprint density at radius 3 is 2.57 bits per heavy atom. The second kappa shape index (κ2) is 5.45. The van der Waals surface area contributed by atoms with Gasteiger partial charge in [-0.3, -0.25) is 0 Å². The van der Waals surface area contributed by atoms with E-state index in [-0.39, 0.29) is 5.54 Å². The molecular formula is C17H18F2N2. The van der Waals surface area contributed by atoms with Gasteiger partial charge in [-0.1, -0.05) is 36.4 Å². The molecule has 1 aliphatic heterocycles. The van der Waals surface area contributed by atoms with Crippen LogP contribution < -0.4 is 10.2 Å². The summed E-state index contributed by atoms with van der Waals surface area (Å²) in [6.07, 6.45) is 0. The number of hydrogen-bond donors (Lipinski definition) is 1. The maximum Gasteiger partial charge on any atom is 0.182 e. The van der Waals surface area contributed by atoms with Gasteiger partial charge in [-0.05, 0) is 24.6 Å². The van der Waals surface area contributed by atoms with Crippen LogP contribution in [0.4, 0.5) is 14.5 Å². The first-order chi connectivity index (χ1) is 10.1. The lowest BCUT2D eigenvalue weighted by Gasteiger charge is -2.43. The van der Waals surface area contributed by atoms with Crippen molar-refractivity contribution < 1.29 is 8.78 Å². The normalized spacial score (nSPS) is 22.3. The van der Waals surface area contributed by atoms with Crippen LogP contribution in [-0.2, 0) is 5.54 Å². The smallest absolute Gasteiger partial charge is 0.182 e. The standard InChI is InChI=1S/C17H18F2N2/c1-17(13-6-3-2-4-7-13)12-21(11-10-20-17)15-9-5-8-14(18)16(15)19/h2-9,20H,10-12H2,1H3. The fraction of sp³-hybridized carbons (Fsp3) is 0.294. The number of piperazine rings is 1. The van der Waals surface area contributed by atoms with E-state index >= 15 is 0 Å². The van der Waals surface area contributed by atoms with Gasteiger partial charge in [0.15, 0.2) is 11.6 Å². The summed E-state index contributed by atoms with van der Waals surface area (Å²) < 4.78 is 27.4. The van der Waals surface area contributed by atoms with Gasteiger partial charge in [0, 0.05) is 19.6 Å². The maximum atomic E-state index is 14.0. The molecule has 0 bridgehead atoms. The van der Waals surface area contributed by atoms with E-state index in [1.165, 1.54) is 0 Å². The summed E-state index contributed by atoms with van der Waals surface area (Å²) in [5.74, 6) is -1.57. The van der Waals surface area contributed by atoms with E-state index in [2.05, 4.69) is 24.4 Å². The number of anilines is 1. The van der Waals surface area contributed by atoms with Crippen molar-refractivity contribution in [1.82, 2.24) is 5.32 Å². The summed E-state index contributed by atoms with van der Waals surface area (Å²) in [5, 5.41) is 3.49. The quantitative estimate of drug-likeness (QED) is 0.912. The second-order valence-electron chi connectivity index (χ2n) is 5.62. The predicted octanol–water partition coefficient (Wildman–Crippen LogP) is 3.29. The fourth-order valence-corrected chi connectivity index (χ4v) is 2.93. The van der Waals surface area contributed by atoms with Crippen LogP contribution in [0.3, 0.4) is 0 Å². The number of benzene rings is 2. The first kappa shape index (κ1) is 14.0. The van der Waals surface area contributed by atoms with Gasteiger partial charge in [0.05, 0.1) is 11.2 Å². The zero-order valence-corrected chi connectivity index (χ0v) is 11.9. The molecule has 0 radical (unpaired) electrons. The van der Waals surface area contributed by atoms with Crippen molar-refractivity contribution in [2.24, 2.45) is 0 Å². The van der Waals surface area contributed by atoms with E-state index in [0.29, 0.717) is 18.8 Å². The Labute approximate surface area is 123 Å². The monoisotopic (exact) mass is 288 g/mol. The molecule has 1 aliphatic rings. The topological polar surface area (TPSA) is 15.3 Å². The van der Waals surface area contributed by atoms with Crippen LogP contribution in [0.1, 0.15) is 12.5 Å². The van der Waals surface area contributed by atoms with Crippen molar-refractivity contribution in [2.75, 3.05) is 24.5 Å². The molecule has 0 spiro atoms. The Balaban J connectivity index is 1.91. The molecule has 0 aromatic heterocycles. The third kappa shape index (κ3) is 2.63. The molecule has 1 fully saturated rings. The molecule has 1 heterocycles. The van der Waals surface area contributed by atoms with Crippen molar-refractivity contribution in [1.29, 1.82) is 0 Å². The fourth-order valence-electron chi connectivity index (χ4n) is 2.93. The van der Waals surface area contributed by atoms with Crippen LogP contribution in [-0.4, -0.2) is 19.6 Å². The van der Waals surface area contributed by atoms with Crippen molar-refractivity contribution >= 4 is 5.69 Å². The molecule has 4 heteroatoms. The molecule has 2 nitrogen and oxygen atoms in total. The van der Waals surface area contributed by atoms with E-state index in [1.54, 1.807) is 12.1 Å². The summed E-state index contributed by atoms with van der Waals surface area (Å²) in [6.45, 7) is 4.06. The molecule has 1 unspecified atom stereocenters. The minimum atomic E-state index is -0.799. The predicted molar refractivity (Wildman–Crippen MR) is 80.4 cm³/mol. The highest BCUT2D eigenvalue weighted by atomic mass is 19.2. The van der Waals surface area contributed by atoms with Gasteiger partial charge in [0.2, 0.25) is 0 Å². The van der Waals surface area contributed by atoms with Gasteiger partial charge in [-0.15, -0.1) is 0 Å². The summed E-state index contributed by atoms with van der Waals surface area (Å²) in [7, 11) is 0. The van der Waals surface area contributed by atoms with Gasteiger partial charge >= 0.3 is 0 Å². The lowest BCUT2D eigenvalue weighted by molar-refractivity contribution is 0.329. The van der Waals surface area contributed by atoms with Crippen LogP contribution in [0.15, 0.2) is 48.5 Å². The van der Waals surface area contributed by atoms with E-state index in [0.717, 1.165) is 18.2 Å². The Morgan fingerprint density at radius 2 is 1.81 bits per heavy atom. The Kier molecular flexibility index (Phi) is 3.64. The van der Waals surface area contributed by atoms with Crippen molar-refractivity contribution in [3.63, 3.8) is 0 Å². The molecule has 110 valence electrons. The Bertz CT molecular complexity index is 630. The lowest BCUT2D eigenvalue weighted by atomic mass is 9.89. The number of nitrogens with one attached hydrogen (secondary N) is 1. The summed E-state index contributed by atoms with van der Waals surface area (Å²) >= 11 is 0. The zero-order chi connectivity index (χ0) is 14.9. The average Bonchev–Trinajstić information content (AvgIpc) is 2.51. The van der Waals surface area contributed by atoms with Gasteiger partial charge in [-0.25, -0.2) is 8.78 Å². The first-order valence-corrected chi connectivity index (χ1v) is 7.10. The molecule has 21 heavy (non-hydrogen) atoms. The minimum Gasteiger partial charge on any atom is -0.366 e. The van der Waals surface area contributed by atoms with Crippen LogP contribution in [0.2, 0.25) is 0 Å². The van der Waals surface area contributed by atoms with Gasteiger partial charge in [0.25, 0.3) is 0 Å². The Morgan fingerprint density at radius 1 is 1.05 bits per heavy atom. The second-order valence-corrected chi connectivity index (χ2v) is 5.62. The molecule has 1 N–H and O–H groups in total. The van der Waals surface area contributed by atoms with Crippen LogP contribution >= 0.6 is 0 Å². The van der Waals surface area contributed by atoms with Crippen LogP contribution in [0, 0.1) is 11.6 Å². The van der Waals surface area contributed by atoms with E-state index < -0.39 is 11.6 Å². The molecular weight excluding hydrogens is 270 g/mol. The van der Waals surface area contributed by atoms with Crippen LogP contribution in [0.25, 0.3) is 0 Å². The van der Waals surface area contributed by atoms with E-state index in [4.69, 9.17) is 0 Å². The van der Waals surface area contributed by atoms with Crippen molar-refractivity contribution in [3.05, 3.63) is 65.7 Å². The van der Waals surface area contributed by atoms with E-state index in [1.807, 2.05) is 23.1 Å². The number of rotatable bonds is 2. The average molecular weight is 288 g/mol. The van der Waals surface area contributed by atoms with Gasteiger partial charge < -0.3 is 10.2 Å². The molecule has 0 saturated carbocycles. The highest BCUT2D eigenvalue weighted by Gasteiger charge is 2.33. The highest BCUT2D eigenvalue weighted by Crippen LogP contribution is 2.29. The third-order valence-electron chi connectivity index (χ3n) is 4.09. The van der Waals surface area contributed by atoms with Crippen LogP contribution in [0.5, 0.6) is 0 Å². The summed E-state index contributed by atoms with van der Waals surface area (Å²) in [5.41, 5.74) is 1.20. The Hall–Kier alpha value is -1.94. The minimum absolute atomic E-state index is 0.279. The zero-order valence-electron chi connectivity index (χ0n) is 11.9. The van der Waals surface area contributed by atoms with Gasteiger partial charge in [-0.2, -0.15) is 0 Å². The summed E-state index contributed by atoms with van der Waals surface area (Å²) in [6, 6.07) is 14.4. The molecule has 3 rings (SSSR count). The lowest BCUT2D eigenvalue weighted by Crippen LogP contribution is -2.57. The molecule has 1 saturated heterocycles. The number of hydrogen-bond acceptors (Lipinski definition) is 2. The molecule has 2 aromatic rings. The number of nitrogens with zero attached hydrogens (tertiary/aromatic N) is 1. The van der Waals surface area contributed by atoms with Crippen molar-refractivity contribution in [2.45, 2.75) is 12.5 Å². The molecule has 0 amide bonds. The maximum absolute atomic E-state index is 14.0. The van der Waals surface area contributed by atoms with Gasteiger partial charge in [0.1, 0.15) is 0 Å². The first-order valence-electron chi connectivity index (χ1n) is 7.10. The highest BCUT2D eigenvalue weighted by molar-refractivity contribution is 5.50. The van der Waals surface area contributed by atoms with Crippen molar-refractivity contribution in [3.8, 4) is 0 Å². The third-order valence-corrected chi connectivity index (χ3v) is 4.09. The molecule has 1 atom stereocenters. The molecule has 2 aromatic carbocycles. The SMILES string of the molecule is CC1(c2ccccc2)CN(c2cccc(F)c2F)CCN1.